The number of aromatic amines is 1. The van der Waals surface area contributed by atoms with Crippen molar-refractivity contribution < 1.29 is 4.79 Å². The highest BCUT2D eigenvalue weighted by molar-refractivity contribution is 5.89. The first-order chi connectivity index (χ1) is 7.84. The normalized spacial score (nSPS) is 9.75. The van der Waals surface area contributed by atoms with E-state index in [0.29, 0.717) is 6.54 Å². The highest BCUT2D eigenvalue weighted by atomic mass is 16.2. The highest BCUT2D eigenvalue weighted by Gasteiger charge is 2.00. The van der Waals surface area contributed by atoms with E-state index >= 15 is 0 Å². The van der Waals surface area contributed by atoms with Crippen LogP contribution in [-0.2, 0) is 6.54 Å². The first-order valence-electron chi connectivity index (χ1n) is 5.06. The van der Waals surface area contributed by atoms with Crippen molar-refractivity contribution in [3.05, 3.63) is 54.4 Å². The molecule has 0 aliphatic rings. The second-order valence-electron chi connectivity index (χ2n) is 3.39. The Bertz CT molecular complexity index is 437. The van der Waals surface area contributed by atoms with E-state index in [1.54, 1.807) is 0 Å². The van der Waals surface area contributed by atoms with Gasteiger partial charge in [0.15, 0.2) is 0 Å². The van der Waals surface area contributed by atoms with Gasteiger partial charge in [-0.25, -0.2) is 4.79 Å². The summed E-state index contributed by atoms with van der Waals surface area (Å²) in [6.07, 6.45) is 3.68. The summed E-state index contributed by atoms with van der Waals surface area (Å²) in [5, 5.41) is 5.51. The average Bonchev–Trinajstić information content (AvgIpc) is 2.81. The maximum absolute atomic E-state index is 11.5. The smallest absolute Gasteiger partial charge is 0.319 e. The molecule has 0 saturated carbocycles. The zero-order chi connectivity index (χ0) is 11.2. The standard InChI is InChI=1S/C12H13N3O/c16-12(14-9-10-6-7-13-8-10)15-11-4-2-1-3-5-11/h1-8,13H,9H2,(H2,14,15,16). The summed E-state index contributed by atoms with van der Waals surface area (Å²) in [5.74, 6) is 0. The van der Waals surface area contributed by atoms with E-state index in [1.165, 1.54) is 0 Å². The molecule has 0 bridgehead atoms. The van der Waals surface area contributed by atoms with Crippen LogP contribution in [0, 0.1) is 0 Å². The monoisotopic (exact) mass is 215 g/mol. The second kappa shape index (κ2) is 5.02. The summed E-state index contributed by atoms with van der Waals surface area (Å²) in [6.45, 7) is 0.516. The van der Waals surface area contributed by atoms with E-state index in [4.69, 9.17) is 0 Å². The van der Waals surface area contributed by atoms with Crippen LogP contribution in [0.3, 0.4) is 0 Å². The van der Waals surface area contributed by atoms with E-state index < -0.39 is 0 Å². The number of carbonyl (C=O) groups is 1. The minimum Gasteiger partial charge on any atom is -0.367 e. The van der Waals surface area contributed by atoms with Gasteiger partial charge in [-0.2, -0.15) is 0 Å². The van der Waals surface area contributed by atoms with Gasteiger partial charge in [-0.15, -0.1) is 0 Å². The van der Waals surface area contributed by atoms with E-state index in [0.717, 1.165) is 11.3 Å². The number of carbonyl (C=O) groups excluding carboxylic acids is 1. The fourth-order valence-corrected chi connectivity index (χ4v) is 1.35. The van der Waals surface area contributed by atoms with E-state index in [1.807, 2.05) is 48.8 Å². The number of amides is 2. The predicted molar refractivity (Wildman–Crippen MR) is 63.1 cm³/mol. The minimum atomic E-state index is -0.201. The zero-order valence-electron chi connectivity index (χ0n) is 8.73. The molecule has 82 valence electrons. The molecule has 0 unspecified atom stereocenters. The van der Waals surface area contributed by atoms with E-state index in [9.17, 15) is 4.79 Å². The Balaban J connectivity index is 1.81. The largest absolute Gasteiger partial charge is 0.367 e. The Morgan fingerprint density at radius 1 is 1.19 bits per heavy atom. The van der Waals surface area contributed by atoms with Crippen LogP contribution < -0.4 is 10.6 Å². The first kappa shape index (κ1) is 10.3. The number of hydrogen-bond donors (Lipinski definition) is 3. The lowest BCUT2D eigenvalue weighted by Crippen LogP contribution is -2.27. The average molecular weight is 215 g/mol. The van der Waals surface area contributed by atoms with Crippen LogP contribution in [0.5, 0.6) is 0 Å². The van der Waals surface area contributed by atoms with Crippen molar-refractivity contribution in [1.82, 2.24) is 10.3 Å². The molecule has 2 aromatic rings. The lowest BCUT2D eigenvalue weighted by atomic mass is 10.3. The van der Waals surface area contributed by atoms with E-state index in [2.05, 4.69) is 15.6 Å². The van der Waals surface area contributed by atoms with Gasteiger partial charge in [0.2, 0.25) is 0 Å². The van der Waals surface area contributed by atoms with Crippen molar-refractivity contribution >= 4 is 11.7 Å². The molecule has 2 rings (SSSR count). The fourth-order valence-electron chi connectivity index (χ4n) is 1.35. The van der Waals surface area contributed by atoms with Crippen LogP contribution in [0.15, 0.2) is 48.8 Å². The van der Waals surface area contributed by atoms with Gasteiger partial charge < -0.3 is 15.6 Å². The highest BCUT2D eigenvalue weighted by Crippen LogP contribution is 2.04. The number of anilines is 1. The molecule has 0 radical (unpaired) electrons. The van der Waals surface area contributed by atoms with Gasteiger partial charge in [0.1, 0.15) is 0 Å². The van der Waals surface area contributed by atoms with Crippen molar-refractivity contribution in [2.75, 3.05) is 5.32 Å². The molecule has 1 aromatic heterocycles. The second-order valence-corrected chi connectivity index (χ2v) is 3.39. The summed E-state index contributed by atoms with van der Waals surface area (Å²) in [6, 6.07) is 11.1. The molecule has 0 aliphatic carbocycles. The van der Waals surface area contributed by atoms with Crippen LogP contribution in [-0.4, -0.2) is 11.0 Å². The zero-order valence-corrected chi connectivity index (χ0v) is 8.73. The van der Waals surface area contributed by atoms with Crippen molar-refractivity contribution in [2.45, 2.75) is 6.54 Å². The molecule has 0 saturated heterocycles. The Morgan fingerprint density at radius 3 is 2.69 bits per heavy atom. The molecule has 2 amide bonds. The number of urea groups is 1. The fraction of sp³-hybridized carbons (Fsp3) is 0.0833. The minimum absolute atomic E-state index is 0.201. The molecule has 0 fully saturated rings. The Labute approximate surface area is 93.7 Å². The third-order valence-corrected chi connectivity index (χ3v) is 2.15. The SMILES string of the molecule is O=C(NCc1cc[nH]c1)Nc1ccccc1. The Hall–Kier alpha value is -2.23. The topological polar surface area (TPSA) is 56.9 Å². The van der Waals surface area contributed by atoms with Gasteiger partial charge in [0.25, 0.3) is 0 Å². The molecular weight excluding hydrogens is 202 g/mol. The third kappa shape index (κ3) is 2.88. The summed E-state index contributed by atoms with van der Waals surface area (Å²) in [7, 11) is 0. The van der Waals surface area contributed by atoms with Gasteiger partial charge in [0, 0.05) is 24.6 Å². The molecule has 3 N–H and O–H groups in total. The summed E-state index contributed by atoms with van der Waals surface area (Å²) in [4.78, 5) is 14.4. The number of nitrogens with one attached hydrogen (secondary N) is 3. The lowest BCUT2D eigenvalue weighted by molar-refractivity contribution is 0.252. The number of aromatic nitrogens is 1. The van der Waals surface area contributed by atoms with Crippen molar-refractivity contribution in [3.63, 3.8) is 0 Å². The lowest BCUT2D eigenvalue weighted by Gasteiger charge is -2.06. The number of benzene rings is 1. The maximum atomic E-state index is 11.5. The van der Waals surface area contributed by atoms with Crippen LogP contribution in [0.1, 0.15) is 5.56 Å². The number of H-pyrrole nitrogens is 1. The van der Waals surface area contributed by atoms with Gasteiger partial charge in [0.05, 0.1) is 0 Å². The molecule has 4 heteroatoms. The molecule has 1 heterocycles. The molecule has 0 spiro atoms. The number of para-hydroxylation sites is 1. The van der Waals surface area contributed by atoms with Gasteiger partial charge in [-0.05, 0) is 23.8 Å². The molecule has 4 nitrogen and oxygen atoms in total. The summed E-state index contributed by atoms with van der Waals surface area (Å²) < 4.78 is 0. The predicted octanol–water partition coefficient (Wildman–Crippen LogP) is 2.34. The van der Waals surface area contributed by atoms with Crippen LogP contribution in [0.4, 0.5) is 10.5 Å². The quantitative estimate of drug-likeness (QED) is 0.723. The van der Waals surface area contributed by atoms with E-state index in [-0.39, 0.29) is 6.03 Å². The van der Waals surface area contributed by atoms with Crippen molar-refractivity contribution in [2.24, 2.45) is 0 Å². The molecule has 0 aliphatic heterocycles. The number of rotatable bonds is 3. The molecule has 16 heavy (non-hydrogen) atoms. The maximum Gasteiger partial charge on any atom is 0.319 e. The van der Waals surface area contributed by atoms with Gasteiger partial charge in [-0.3, -0.25) is 0 Å². The van der Waals surface area contributed by atoms with Crippen molar-refractivity contribution in [3.8, 4) is 0 Å². The van der Waals surface area contributed by atoms with Gasteiger partial charge in [-0.1, -0.05) is 18.2 Å². The summed E-state index contributed by atoms with van der Waals surface area (Å²) in [5.41, 5.74) is 1.83. The Morgan fingerprint density at radius 2 is 2.00 bits per heavy atom. The van der Waals surface area contributed by atoms with Crippen LogP contribution in [0.25, 0.3) is 0 Å². The summed E-state index contributed by atoms with van der Waals surface area (Å²) >= 11 is 0. The van der Waals surface area contributed by atoms with Crippen LogP contribution in [0.2, 0.25) is 0 Å². The molecular formula is C12H13N3O. The molecule has 0 atom stereocenters. The van der Waals surface area contributed by atoms with Crippen LogP contribution >= 0.6 is 0 Å². The van der Waals surface area contributed by atoms with Crippen molar-refractivity contribution in [1.29, 1.82) is 0 Å². The number of hydrogen-bond acceptors (Lipinski definition) is 1. The van der Waals surface area contributed by atoms with Gasteiger partial charge >= 0.3 is 6.03 Å². The molecule has 1 aromatic carbocycles. The Kier molecular flexibility index (Phi) is 3.23. The third-order valence-electron chi connectivity index (χ3n) is 2.15. The first-order valence-corrected chi connectivity index (χ1v) is 5.06.